The van der Waals surface area contributed by atoms with Crippen LogP contribution in [0.25, 0.3) is 5.65 Å². The number of fused-ring (bicyclic) bond motifs is 1. The minimum Gasteiger partial charge on any atom is -0.337 e. The summed E-state index contributed by atoms with van der Waals surface area (Å²) in [5.74, 6) is 0.0300. The fourth-order valence-electron chi connectivity index (χ4n) is 2.99. The molecule has 0 saturated carbocycles. The molecule has 1 N–H and O–H groups in total. The Bertz CT molecular complexity index is 678. The molecule has 112 valence electrons. The summed E-state index contributed by atoms with van der Waals surface area (Å²) < 4.78 is 1.74. The summed E-state index contributed by atoms with van der Waals surface area (Å²) >= 11 is 0. The van der Waals surface area contributed by atoms with E-state index in [9.17, 15) is 4.79 Å². The number of rotatable bonds is 2. The van der Waals surface area contributed by atoms with Crippen molar-refractivity contribution in [1.82, 2.24) is 24.8 Å². The molecule has 21 heavy (non-hydrogen) atoms. The number of carbonyl (C=O) groups excluding carboxylic acids is 1. The maximum Gasteiger partial charge on any atom is 0.259 e. The molecule has 1 unspecified atom stereocenters. The van der Waals surface area contributed by atoms with Crippen molar-refractivity contribution < 1.29 is 4.79 Å². The summed E-state index contributed by atoms with van der Waals surface area (Å²) in [5.41, 5.74) is 3.15. The van der Waals surface area contributed by atoms with E-state index in [1.807, 2.05) is 31.9 Å². The van der Waals surface area contributed by atoms with Crippen molar-refractivity contribution in [3.05, 3.63) is 29.2 Å². The Morgan fingerprint density at radius 2 is 2.24 bits per heavy atom. The van der Waals surface area contributed by atoms with E-state index < -0.39 is 0 Å². The van der Waals surface area contributed by atoms with E-state index in [0.717, 1.165) is 37.3 Å². The van der Waals surface area contributed by atoms with Crippen LogP contribution in [0.3, 0.4) is 0 Å². The molecule has 0 spiro atoms. The van der Waals surface area contributed by atoms with E-state index in [-0.39, 0.29) is 5.91 Å². The molecule has 3 rings (SSSR count). The Balaban J connectivity index is 1.95. The van der Waals surface area contributed by atoms with Crippen LogP contribution in [-0.4, -0.2) is 51.6 Å². The summed E-state index contributed by atoms with van der Waals surface area (Å²) in [4.78, 5) is 19.2. The number of nitrogens with zero attached hydrogens (tertiary/aromatic N) is 4. The lowest BCUT2D eigenvalue weighted by Crippen LogP contribution is -2.46. The van der Waals surface area contributed by atoms with Gasteiger partial charge in [-0.15, -0.1) is 0 Å². The predicted molar refractivity (Wildman–Crippen MR) is 80.4 cm³/mol. The van der Waals surface area contributed by atoms with Crippen LogP contribution in [0.1, 0.15) is 34.6 Å². The number of likely N-dealkylation sites (N-methyl/N-ethyl adjacent to an activating group) is 1. The molecule has 1 atom stereocenters. The minimum absolute atomic E-state index is 0.0300. The summed E-state index contributed by atoms with van der Waals surface area (Å²) in [5, 5.41) is 7.56. The van der Waals surface area contributed by atoms with Gasteiger partial charge in [-0.25, -0.2) is 9.50 Å². The van der Waals surface area contributed by atoms with Crippen LogP contribution in [0.4, 0.5) is 0 Å². The summed E-state index contributed by atoms with van der Waals surface area (Å²) in [6, 6.07) is 2.34. The van der Waals surface area contributed by atoms with Gasteiger partial charge < -0.3 is 10.2 Å². The monoisotopic (exact) mass is 287 g/mol. The van der Waals surface area contributed by atoms with Crippen LogP contribution >= 0.6 is 0 Å². The number of aromatic nitrogens is 3. The molecule has 6 nitrogen and oxygen atoms in total. The lowest BCUT2D eigenvalue weighted by molar-refractivity contribution is 0.0700. The number of aryl methyl sites for hydroxylation is 2. The molecule has 3 heterocycles. The van der Waals surface area contributed by atoms with Crippen LogP contribution in [-0.2, 0) is 0 Å². The molecular formula is C15H21N5O. The summed E-state index contributed by atoms with van der Waals surface area (Å²) in [6.45, 7) is 5.46. The zero-order valence-electron chi connectivity index (χ0n) is 12.8. The normalized spacial score (nSPS) is 19.2. The molecule has 1 aliphatic rings. The van der Waals surface area contributed by atoms with Gasteiger partial charge in [-0.2, -0.15) is 5.10 Å². The average Bonchev–Trinajstić information content (AvgIpc) is 2.90. The van der Waals surface area contributed by atoms with Gasteiger partial charge in [0.25, 0.3) is 5.91 Å². The van der Waals surface area contributed by atoms with Gasteiger partial charge in [-0.3, -0.25) is 4.79 Å². The third-order valence-corrected chi connectivity index (χ3v) is 4.13. The fraction of sp³-hybridized carbons (Fsp3) is 0.533. The Hall–Kier alpha value is -1.95. The quantitative estimate of drug-likeness (QED) is 0.900. The average molecular weight is 287 g/mol. The standard InChI is InChI=1S/C15H21N5O/c1-10-7-11(2)20-14(18-10)13(8-17-20)15(21)19-6-4-5-12(9-19)16-3/h7-8,12,16H,4-6,9H2,1-3H3. The molecule has 1 amide bonds. The van der Waals surface area contributed by atoms with Gasteiger partial charge >= 0.3 is 0 Å². The molecule has 0 radical (unpaired) electrons. The maximum atomic E-state index is 12.8. The van der Waals surface area contributed by atoms with E-state index in [0.29, 0.717) is 17.3 Å². The van der Waals surface area contributed by atoms with E-state index >= 15 is 0 Å². The molecule has 0 aliphatic carbocycles. The molecule has 0 bridgehead atoms. The number of carbonyl (C=O) groups is 1. The zero-order chi connectivity index (χ0) is 15.0. The van der Waals surface area contributed by atoms with E-state index in [4.69, 9.17) is 0 Å². The van der Waals surface area contributed by atoms with Crippen LogP contribution in [0.5, 0.6) is 0 Å². The van der Waals surface area contributed by atoms with E-state index in [1.54, 1.807) is 10.7 Å². The molecule has 0 aromatic carbocycles. The summed E-state index contributed by atoms with van der Waals surface area (Å²) in [7, 11) is 1.95. The molecule has 1 aliphatic heterocycles. The molecule has 2 aromatic heterocycles. The van der Waals surface area contributed by atoms with Crippen molar-refractivity contribution in [2.24, 2.45) is 0 Å². The van der Waals surface area contributed by atoms with Crippen LogP contribution in [0.2, 0.25) is 0 Å². The van der Waals surface area contributed by atoms with E-state index in [1.165, 1.54) is 0 Å². The lowest BCUT2D eigenvalue weighted by Gasteiger charge is -2.32. The highest BCUT2D eigenvalue weighted by Gasteiger charge is 2.26. The first-order valence-electron chi connectivity index (χ1n) is 7.38. The topological polar surface area (TPSA) is 62.5 Å². The molecular weight excluding hydrogens is 266 g/mol. The fourth-order valence-corrected chi connectivity index (χ4v) is 2.99. The SMILES string of the molecule is CNC1CCCN(C(=O)c2cnn3c(C)cc(C)nc23)C1. The molecule has 6 heteroatoms. The maximum absolute atomic E-state index is 12.8. The molecule has 1 saturated heterocycles. The second-order valence-corrected chi connectivity index (χ2v) is 5.71. The lowest BCUT2D eigenvalue weighted by atomic mass is 10.1. The van der Waals surface area contributed by atoms with Crippen molar-refractivity contribution in [1.29, 1.82) is 0 Å². The minimum atomic E-state index is 0.0300. The first kappa shape index (κ1) is 14.0. The Morgan fingerprint density at radius 1 is 1.43 bits per heavy atom. The number of hydrogen-bond acceptors (Lipinski definition) is 4. The van der Waals surface area contributed by atoms with Crippen molar-refractivity contribution in [3.8, 4) is 0 Å². The van der Waals surface area contributed by atoms with Gasteiger partial charge in [-0.05, 0) is 39.8 Å². The largest absolute Gasteiger partial charge is 0.337 e. The second-order valence-electron chi connectivity index (χ2n) is 5.71. The first-order chi connectivity index (χ1) is 10.1. The van der Waals surface area contributed by atoms with Crippen molar-refractivity contribution in [2.45, 2.75) is 32.7 Å². The van der Waals surface area contributed by atoms with Gasteiger partial charge in [0.05, 0.1) is 6.20 Å². The number of nitrogens with one attached hydrogen (secondary N) is 1. The highest BCUT2D eigenvalue weighted by atomic mass is 16.2. The Morgan fingerprint density at radius 3 is 3.00 bits per heavy atom. The van der Waals surface area contributed by atoms with Gasteiger partial charge in [0.2, 0.25) is 0 Å². The number of hydrogen-bond donors (Lipinski definition) is 1. The third-order valence-electron chi connectivity index (χ3n) is 4.13. The number of piperidine rings is 1. The smallest absolute Gasteiger partial charge is 0.259 e. The zero-order valence-corrected chi connectivity index (χ0v) is 12.8. The highest BCUT2D eigenvalue weighted by Crippen LogP contribution is 2.17. The van der Waals surface area contributed by atoms with Gasteiger partial charge in [0, 0.05) is 30.5 Å². The van der Waals surface area contributed by atoms with Crippen LogP contribution < -0.4 is 5.32 Å². The number of likely N-dealkylation sites (tertiary alicyclic amines) is 1. The van der Waals surface area contributed by atoms with E-state index in [2.05, 4.69) is 15.4 Å². The van der Waals surface area contributed by atoms with Crippen molar-refractivity contribution in [2.75, 3.05) is 20.1 Å². The first-order valence-corrected chi connectivity index (χ1v) is 7.38. The van der Waals surface area contributed by atoms with Gasteiger partial charge in [0.15, 0.2) is 5.65 Å². The van der Waals surface area contributed by atoms with Crippen molar-refractivity contribution >= 4 is 11.6 Å². The predicted octanol–water partition coefficient (Wildman–Crippen LogP) is 1.17. The van der Waals surface area contributed by atoms with Crippen molar-refractivity contribution in [3.63, 3.8) is 0 Å². The van der Waals surface area contributed by atoms with Gasteiger partial charge in [-0.1, -0.05) is 0 Å². The van der Waals surface area contributed by atoms with Crippen LogP contribution in [0, 0.1) is 13.8 Å². The number of amides is 1. The third kappa shape index (κ3) is 2.51. The Labute approximate surface area is 124 Å². The second kappa shape index (κ2) is 5.44. The van der Waals surface area contributed by atoms with Gasteiger partial charge in [0.1, 0.15) is 5.56 Å². The van der Waals surface area contributed by atoms with Crippen LogP contribution in [0.15, 0.2) is 12.3 Å². The molecule has 1 fully saturated rings. The highest BCUT2D eigenvalue weighted by molar-refractivity contribution is 5.99. The molecule has 2 aromatic rings. The summed E-state index contributed by atoms with van der Waals surface area (Å²) in [6.07, 6.45) is 3.79. The Kier molecular flexibility index (Phi) is 3.63.